The molecule has 1 saturated heterocycles. The molecule has 5 rings (SSSR count). The van der Waals surface area contributed by atoms with Crippen LogP contribution in [0.1, 0.15) is 36.5 Å². The molecule has 0 bridgehead atoms. The predicted molar refractivity (Wildman–Crippen MR) is 134 cm³/mol. The third kappa shape index (κ3) is 5.45. The first kappa shape index (κ1) is 24.1. The van der Waals surface area contributed by atoms with Gasteiger partial charge in [0, 0.05) is 31.4 Å². The van der Waals surface area contributed by atoms with Crippen LogP contribution in [-0.4, -0.2) is 64.9 Å². The highest BCUT2D eigenvalue weighted by Crippen LogP contribution is 2.36. The van der Waals surface area contributed by atoms with E-state index < -0.39 is 0 Å². The van der Waals surface area contributed by atoms with Crippen LogP contribution in [0.2, 0.25) is 0 Å². The number of hydrogen-bond donors (Lipinski definition) is 1. The zero-order valence-electron chi connectivity index (χ0n) is 20.7. The van der Waals surface area contributed by atoms with Crippen LogP contribution in [0.4, 0.5) is 10.1 Å². The monoisotopic (exact) mass is 493 g/mol. The standard InChI is InChI=1S/C27H32FN5O3/c1-18-29-26(31-30-18)16-27(34)33-13-12-32(17-22(33)14-19-6-8-20(28)9-7-19)21-10-11-24(35-2)25(15-21)36-23-4-3-5-23/h6-11,15,22-23H,3-5,12-14,16-17H2,1-2H3,(H,29,30,31)/t22-/m0/s1. The number of hydrogen-bond acceptors (Lipinski definition) is 6. The quantitative estimate of drug-likeness (QED) is 0.515. The number of methoxy groups -OCH3 is 1. The average molecular weight is 494 g/mol. The lowest BCUT2D eigenvalue weighted by atomic mass is 9.96. The maximum atomic E-state index is 13.5. The average Bonchev–Trinajstić information content (AvgIpc) is 3.27. The molecular weight excluding hydrogens is 461 g/mol. The highest BCUT2D eigenvalue weighted by molar-refractivity contribution is 5.78. The Morgan fingerprint density at radius 2 is 1.94 bits per heavy atom. The van der Waals surface area contributed by atoms with Crippen LogP contribution >= 0.6 is 0 Å². The van der Waals surface area contributed by atoms with E-state index in [1.165, 1.54) is 18.6 Å². The van der Waals surface area contributed by atoms with E-state index in [0.29, 0.717) is 37.7 Å². The second-order valence-electron chi connectivity index (χ2n) is 9.54. The lowest BCUT2D eigenvalue weighted by molar-refractivity contribution is -0.133. The van der Waals surface area contributed by atoms with Gasteiger partial charge in [0.15, 0.2) is 17.3 Å². The molecule has 1 atom stereocenters. The molecule has 3 aromatic rings. The molecule has 1 aliphatic heterocycles. The molecule has 0 spiro atoms. The van der Waals surface area contributed by atoms with Crippen LogP contribution in [0.15, 0.2) is 42.5 Å². The smallest absolute Gasteiger partial charge is 0.230 e. The van der Waals surface area contributed by atoms with Crippen molar-refractivity contribution in [1.29, 1.82) is 0 Å². The SMILES string of the molecule is COc1ccc(N2CCN(C(=O)Cc3n[nH]c(C)n3)[C@@H](Cc3ccc(F)cc3)C2)cc1OC1CCC1. The van der Waals surface area contributed by atoms with Crippen molar-refractivity contribution in [3.8, 4) is 11.5 Å². The number of benzene rings is 2. The number of H-pyrrole nitrogens is 1. The van der Waals surface area contributed by atoms with Crippen molar-refractivity contribution >= 4 is 11.6 Å². The molecule has 1 aliphatic carbocycles. The van der Waals surface area contributed by atoms with Crippen LogP contribution in [0, 0.1) is 12.7 Å². The topological polar surface area (TPSA) is 83.6 Å². The highest BCUT2D eigenvalue weighted by atomic mass is 19.1. The molecule has 190 valence electrons. The fraction of sp³-hybridized carbons (Fsp3) is 0.444. The van der Waals surface area contributed by atoms with E-state index in [9.17, 15) is 9.18 Å². The van der Waals surface area contributed by atoms with Gasteiger partial charge in [-0.2, -0.15) is 5.10 Å². The minimum Gasteiger partial charge on any atom is -0.493 e. The van der Waals surface area contributed by atoms with Gasteiger partial charge in [0.25, 0.3) is 0 Å². The van der Waals surface area contributed by atoms with Crippen LogP contribution in [0.5, 0.6) is 11.5 Å². The summed E-state index contributed by atoms with van der Waals surface area (Å²) in [6, 6.07) is 12.4. The van der Waals surface area contributed by atoms with Gasteiger partial charge in [0.2, 0.25) is 5.91 Å². The van der Waals surface area contributed by atoms with E-state index in [1.807, 2.05) is 30.0 Å². The van der Waals surface area contributed by atoms with E-state index in [1.54, 1.807) is 19.2 Å². The number of nitrogens with one attached hydrogen (secondary N) is 1. The Hall–Kier alpha value is -3.62. The number of ether oxygens (including phenoxy) is 2. The first-order valence-corrected chi connectivity index (χ1v) is 12.5. The van der Waals surface area contributed by atoms with Crippen molar-refractivity contribution in [2.24, 2.45) is 0 Å². The number of aromatic amines is 1. The Labute approximate surface area is 210 Å². The Bertz CT molecular complexity index is 1190. The van der Waals surface area contributed by atoms with Crippen molar-refractivity contribution in [3.63, 3.8) is 0 Å². The van der Waals surface area contributed by atoms with Gasteiger partial charge >= 0.3 is 0 Å². The minimum atomic E-state index is -0.269. The first-order chi connectivity index (χ1) is 17.5. The number of amides is 1. The highest BCUT2D eigenvalue weighted by Gasteiger charge is 2.32. The van der Waals surface area contributed by atoms with Crippen molar-refractivity contribution in [3.05, 3.63) is 65.5 Å². The summed E-state index contributed by atoms with van der Waals surface area (Å²) in [7, 11) is 1.65. The predicted octanol–water partition coefficient (Wildman–Crippen LogP) is 3.69. The van der Waals surface area contributed by atoms with Gasteiger partial charge in [-0.15, -0.1) is 0 Å². The summed E-state index contributed by atoms with van der Waals surface area (Å²) in [5.74, 6) is 2.38. The minimum absolute atomic E-state index is 0.00972. The molecule has 1 amide bonds. The summed E-state index contributed by atoms with van der Waals surface area (Å²) in [4.78, 5) is 21.8. The largest absolute Gasteiger partial charge is 0.493 e. The van der Waals surface area contributed by atoms with Crippen LogP contribution in [0.25, 0.3) is 0 Å². The number of aromatic nitrogens is 3. The number of halogens is 1. The van der Waals surface area contributed by atoms with E-state index in [2.05, 4.69) is 20.1 Å². The Morgan fingerprint density at radius 1 is 1.14 bits per heavy atom. The number of piperazine rings is 1. The number of anilines is 1. The van der Waals surface area contributed by atoms with Gasteiger partial charge in [0.1, 0.15) is 11.6 Å². The number of carbonyl (C=O) groups is 1. The molecule has 0 radical (unpaired) electrons. The Balaban J connectivity index is 1.36. The molecule has 8 nitrogen and oxygen atoms in total. The molecule has 36 heavy (non-hydrogen) atoms. The summed E-state index contributed by atoms with van der Waals surface area (Å²) < 4.78 is 25.2. The van der Waals surface area contributed by atoms with E-state index in [-0.39, 0.29) is 30.3 Å². The van der Waals surface area contributed by atoms with Crippen LogP contribution in [0.3, 0.4) is 0 Å². The van der Waals surface area contributed by atoms with E-state index in [0.717, 1.165) is 35.6 Å². The molecule has 2 aromatic carbocycles. The Morgan fingerprint density at radius 3 is 2.61 bits per heavy atom. The second kappa shape index (κ2) is 10.6. The summed E-state index contributed by atoms with van der Waals surface area (Å²) in [5, 5.41) is 6.93. The van der Waals surface area contributed by atoms with Gasteiger partial charge in [0.05, 0.1) is 25.7 Å². The van der Waals surface area contributed by atoms with E-state index >= 15 is 0 Å². The number of aryl methyl sites for hydroxylation is 1. The maximum Gasteiger partial charge on any atom is 0.230 e. The summed E-state index contributed by atoms with van der Waals surface area (Å²) in [6.07, 6.45) is 4.34. The van der Waals surface area contributed by atoms with Gasteiger partial charge in [-0.1, -0.05) is 12.1 Å². The molecule has 2 fully saturated rings. The normalized spacial score (nSPS) is 18.1. The zero-order valence-corrected chi connectivity index (χ0v) is 20.7. The third-order valence-corrected chi connectivity index (χ3v) is 7.00. The molecule has 9 heteroatoms. The molecule has 2 heterocycles. The van der Waals surface area contributed by atoms with Crippen LogP contribution < -0.4 is 14.4 Å². The van der Waals surface area contributed by atoms with Crippen LogP contribution in [-0.2, 0) is 17.6 Å². The van der Waals surface area contributed by atoms with Crippen molar-refractivity contribution < 1.29 is 18.7 Å². The summed E-state index contributed by atoms with van der Waals surface area (Å²) in [6.45, 7) is 3.72. The molecule has 1 N–H and O–H groups in total. The summed E-state index contributed by atoms with van der Waals surface area (Å²) in [5.41, 5.74) is 2.02. The lowest BCUT2D eigenvalue weighted by Crippen LogP contribution is -2.56. The maximum absolute atomic E-state index is 13.5. The number of rotatable bonds is 8. The van der Waals surface area contributed by atoms with Gasteiger partial charge in [-0.05, 0) is 62.4 Å². The molecule has 1 saturated carbocycles. The zero-order chi connectivity index (χ0) is 25.1. The van der Waals surface area contributed by atoms with E-state index in [4.69, 9.17) is 9.47 Å². The lowest BCUT2D eigenvalue weighted by Gasteiger charge is -2.43. The third-order valence-electron chi connectivity index (χ3n) is 7.00. The Kier molecular flexibility index (Phi) is 7.06. The first-order valence-electron chi connectivity index (χ1n) is 12.5. The van der Waals surface area contributed by atoms with Gasteiger partial charge in [-0.25, -0.2) is 9.37 Å². The van der Waals surface area contributed by atoms with Crippen molar-refractivity contribution in [2.75, 3.05) is 31.6 Å². The molecule has 0 unspecified atom stereocenters. The van der Waals surface area contributed by atoms with Gasteiger partial charge < -0.3 is 19.3 Å². The summed E-state index contributed by atoms with van der Waals surface area (Å²) >= 11 is 0. The number of carbonyl (C=O) groups excluding carboxylic acids is 1. The van der Waals surface area contributed by atoms with Crippen molar-refractivity contribution in [1.82, 2.24) is 20.1 Å². The molecular formula is C27H32FN5O3. The van der Waals surface area contributed by atoms with Crippen molar-refractivity contribution in [2.45, 2.75) is 51.2 Å². The second-order valence-corrected chi connectivity index (χ2v) is 9.54. The fourth-order valence-electron chi connectivity index (χ4n) is 4.81. The molecule has 1 aromatic heterocycles. The molecule has 2 aliphatic rings. The number of nitrogens with zero attached hydrogens (tertiary/aromatic N) is 4. The fourth-order valence-corrected chi connectivity index (χ4v) is 4.81. The van der Waals surface area contributed by atoms with Gasteiger partial charge in [-0.3, -0.25) is 9.89 Å².